The number of aliphatic hydroxyl groups is 1. The third kappa shape index (κ3) is 2.29. The molecule has 0 saturated heterocycles. The first-order chi connectivity index (χ1) is 6.85. The summed E-state index contributed by atoms with van der Waals surface area (Å²) in [6, 6.07) is 0.689. The summed E-state index contributed by atoms with van der Waals surface area (Å²) in [6.07, 6.45) is 11.7. The van der Waals surface area contributed by atoms with E-state index in [-0.39, 0.29) is 5.54 Å². The molecule has 2 fully saturated rings. The van der Waals surface area contributed by atoms with Crippen molar-refractivity contribution in [3.8, 4) is 0 Å². The normalized spacial score (nSPS) is 28.1. The van der Waals surface area contributed by atoms with Crippen molar-refractivity contribution in [2.75, 3.05) is 6.61 Å². The lowest BCUT2D eigenvalue weighted by molar-refractivity contribution is 0.141. The molecule has 2 aliphatic carbocycles. The molecule has 82 valence electrons. The Morgan fingerprint density at radius 2 is 1.64 bits per heavy atom. The minimum atomic E-state index is 0.0992. The fraction of sp³-hybridized carbons (Fsp3) is 1.00. The molecule has 0 amide bonds. The molecule has 2 saturated carbocycles. The second-order valence-corrected chi connectivity index (χ2v) is 5.12. The van der Waals surface area contributed by atoms with E-state index in [1.54, 1.807) is 0 Å². The molecule has 2 N–H and O–H groups in total. The molecule has 0 aliphatic heterocycles. The van der Waals surface area contributed by atoms with Crippen LogP contribution < -0.4 is 5.32 Å². The third-order valence-corrected chi connectivity index (χ3v) is 3.98. The Hall–Kier alpha value is -0.0800. The van der Waals surface area contributed by atoms with Gasteiger partial charge in [0.25, 0.3) is 0 Å². The van der Waals surface area contributed by atoms with Crippen LogP contribution in [0.2, 0.25) is 0 Å². The zero-order chi connectivity index (χ0) is 9.86. The topological polar surface area (TPSA) is 32.3 Å². The number of hydrogen-bond donors (Lipinski definition) is 2. The molecule has 0 aromatic rings. The van der Waals surface area contributed by atoms with Crippen LogP contribution in [0, 0.1) is 0 Å². The molecular weight excluding hydrogens is 174 g/mol. The first kappa shape index (κ1) is 10.4. The molecule has 0 atom stereocenters. The standard InChI is InChI=1S/C12H23NO/c14-10-12(8-4-5-9-12)13-11-6-2-1-3-7-11/h11,13-14H,1-10H2. The van der Waals surface area contributed by atoms with Crippen molar-refractivity contribution in [1.29, 1.82) is 0 Å². The van der Waals surface area contributed by atoms with Gasteiger partial charge in [-0.15, -0.1) is 0 Å². The number of rotatable bonds is 3. The number of hydrogen-bond acceptors (Lipinski definition) is 2. The highest BCUT2D eigenvalue weighted by molar-refractivity contribution is 4.94. The van der Waals surface area contributed by atoms with Crippen molar-refractivity contribution in [2.45, 2.75) is 69.4 Å². The summed E-state index contributed by atoms with van der Waals surface area (Å²) in [7, 11) is 0. The van der Waals surface area contributed by atoms with E-state index in [1.807, 2.05) is 0 Å². The Bertz CT molecular complexity index is 169. The summed E-state index contributed by atoms with van der Waals surface area (Å²) in [6.45, 7) is 0.337. The van der Waals surface area contributed by atoms with Gasteiger partial charge in [-0.3, -0.25) is 0 Å². The van der Waals surface area contributed by atoms with E-state index in [0.717, 1.165) is 0 Å². The van der Waals surface area contributed by atoms with Gasteiger partial charge in [-0.25, -0.2) is 0 Å². The molecule has 2 rings (SSSR count). The van der Waals surface area contributed by atoms with Gasteiger partial charge in [-0.05, 0) is 25.7 Å². The van der Waals surface area contributed by atoms with Crippen molar-refractivity contribution in [1.82, 2.24) is 5.32 Å². The zero-order valence-corrected chi connectivity index (χ0v) is 9.10. The van der Waals surface area contributed by atoms with Crippen LogP contribution in [0.1, 0.15) is 57.8 Å². The van der Waals surface area contributed by atoms with Crippen molar-refractivity contribution in [3.63, 3.8) is 0 Å². The summed E-state index contributed by atoms with van der Waals surface area (Å²) < 4.78 is 0. The monoisotopic (exact) mass is 197 g/mol. The van der Waals surface area contributed by atoms with Crippen molar-refractivity contribution < 1.29 is 5.11 Å². The summed E-state index contributed by atoms with van der Waals surface area (Å²) in [4.78, 5) is 0. The largest absolute Gasteiger partial charge is 0.394 e. The van der Waals surface area contributed by atoms with Gasteiger partial charge in [0.15, 0.2) is 0 Å². The second kappa shape index (κ2) is 4.63. The lowest BCUT2D eigenvalue weighted by atomic mass is 9.90. The predicted octanol–water partition coefficient (Wildman–Crippen LogP) is 2.21. The summed E-state index contributed by atoms with van der Waals surface area (Å²) in [5, 5.41) is 13.2. The first-order valence-corrected chi connectivity index (χ1v) is 6.23. The third-order valence-electron chi connectivity index (χ3n) is 3.98. The van der Waals surface area contributed by atoms with Gasteiger partial charge in [-0.2, -0.15) is 0 Å². The summed E-state index contributed by atoms with van der Waals surface area (Å²) in [5.41, 5.74) is 0.0992. The van der Waals surface area contributed by atoms with E-state index < -0.39 is 0 Å². The maximum atomic E-state index is 9.48. The fourth-order valence-corrected chi connectivity index (χ4v) is 3.08. The fourth-order valence-electron chi connectivity index (χ4n) is 3.08. The molecule has 0 radical (unpaired) electrons. The van der Waals surface area contributed by atoms with Crippen LogP contribution in [0.25, 0.3) is 0 Å². The van der Waals surface area contributed by atoms with E-state index in [4.69, 9.17) is 0 Å². The highest BCUT2D eigenvalue weighted by Gasteiger charge is 2.34. The molecule has 2 nitrogen and oxygen atoms in total. The lowest BCUT2D eigenvalue weighted by Gasteiger charge is -2.35. The average Bonchev–Trinajstić information content (AvgIpc) is 2.69. The van der Waals surface area contributed by atoms with Gasteiger partial charge in [0.2, 0.25) is 0 Å². The Kier molecular flexibility index (Phi) is 3.45. The van der Waals surface area contributed by atoms with Gasteiger partial charge in [-0.1, -0.05) is 32.1 Å². The van der Waals surface area contributed by atoms with E-state index in [9.17, 15) is 5.11 Å². The average molecular weight is 197 g/mol. The Morgan fingerprint density at radius 3 is 2.21 bits per heavy atom. The van der Waals surface area contributed by atoms with Crippen LogP contribution in [0.4, 0.5) is 0 Å². The molecule has 0 spiro atoms. The van der Waals surface area contributed by atoms with E-state index in [1.165, 1.54) is 57.8 Å². The molecule has 0 aromatic heterocycles. The lowest BCUT2D eigenvalue weighted by Crippen LogP contribution is -2.51. The minimum absolute atomic E-state index is 0.0992. The maximum Gasteiger partial charge on any atom is 0.0613 e. The molecular formula is C12H23NO. The Labute approximate surface area is 87.1 Å². The van der Waals surface area contributed by atoms with Crippen LogP contribution in [0.3, 0.4) is 0 Å². The minimum Gasteiger partial charge on any atom is -0.394 e. The molecule has 0 unspecified atom stereocenters. The number of aliphatic hydroxyl groups excluding tert-OH is 1. The Morgan fingerprint density at radius 1 is 1.00 bits per heavy atom. The van der Waals surface area contributed by atoms with E-state index in [2.05, 4.69) is 5.32 Å². The molecule has 2 heteroatoms. The van der Waals surface area contributed by atoms with Crippen LogP contribution in [0.15, 0.2) is 0 Å². The van der Waals surface area contributed by atoms with Gasteiger partial charge in [0, 0.05) is 11.6 Å². The molecule has 0 bridgehead atoms. The molecule has 0 heterocycles. The zero-order valence-electron chi connectivity index (χ0n) is 9.10. The summed E-state index contributed by atoms with van der Waals surface area (Å²) in [5.74, 6) is 0. The first-order valence-electron chi connectivity index (χ1n) is 6.23. The number of nitrogens with one attached hydrogen (secondary N) is 1. The highest BCUT2D eigenvalue weighted by atomic mass is 16.3. The van der Waals surface area contributed by atoms with Crippen molar-refractivity contribution in [3.05, 3.63) is 0 Å². The molecule has 2 aliphatic rings. The quantitative estimate of drug-likeness (QED) is 0.727. The molecule has 14 heavy (non-hydrogen) atoms. The van der Waals surface area contributed by atoms with Crippen LogP contribution in [-0.4, -0.2) is 23.3 Å². The Balaban J connectivity index is 1.86. The van der Waals surface area contributed by atoms with Crippen LogP contribution >= 0.6 is 0 Å². The highest BCUT2D eigenvalue weighted by Crippen LogP contribution is 2.31. The SMILES string of the molecule is OCC1(NC2CCCCC2)CCCC1. The predicted molar refractivity (Wildman–Crippen MR) is 58.3 cm³/mol. The second-order valence-electron chi connectivity index (χ2n) is 5.12. The van der Waals surface area contributed by atoms with E-state index >= 15 is 0 Å². The van der Waals surface area contributed by atoms with Crippen LogP contribution in [0.5, 0.6) is 0 Å². The van der Waals surface area contributed by atoms with Gasteiger partial charge < -0.3 is 10.4 Å². The van der Waals surface area contributed by atoms with Gasteiger partial charge in [0.1, 0.15) is 0 Å². The van der Waals surface area contributed by atoms with Gasteiger partial charge in [0.05, 0.1) is 6.61 Å². The smallest absolute Gasteiger partial charge is 0.0613 e. The maximum absolute atomic E-state index is 9.48. The van der Waals surface area contributed by atoms with E-state index in [0.29, 0.717) is 12.6 Å². The van der Waals surface area contributed by atoms with Crippen molar-refractivity contribution >= 4 is 0 Å². The molecule has 0 aromatic carbocycles. The van der Waals surface area contributed by atoms with Crippen LogP contribution in [-0.2, 0) is 0 Å². The van der Waals surface area contributed by atoms with Gasteiger partial charge >= 0.3 is 0 Å². The van der Waals surface area contributed by atoms with Crippen molar-refractivity contribution in [2.24, 2.45) is 0 Å². The summed E-state index contributed by atoms with van der Waals surface area (Å²) >= 11 is 0.